The SMILES string of the molecule is O=C(C=Cc1ccc2c(c1)C(=O)CC1(CCCN(Cc3ccccc3)CC1)O2)NOC1CCCCO1. The highest BCUT2D eigenvalue weighted by Gasteiger charge is 2.41. The monoisotopic (exact) mass is 490 g/mol. The summed E-state index contributed by atoms with van der Waals surface area (Å²) >= 11 is 0. The van der Waals surface area contributed by atoms with Gasteiger partial charge in [0.15, 0.2) is 12.1 Å². The van der Waals surface area contributed by atoms with Crippen LogP contribution in [-0.2, 0) is 20.9 Å². The molecule has 2 fully saturated rings. The summed E-state index contributed by atoms with van der Waals surface area (Å²) in [5.74, 6) is 0.370. The number of carbonyl (C=O) groups is 2. The summed E-state index contributed by atoms with van der Waals surface area (Å²) in [5.41, 5.74) is 4.63. The van der Waals surface area contributed by atoms with Crippen LogP contribution in [0.3, 0.4) is 0 Å². The van der Waals surface area contributed by atoms with Crippen LogP contribution in [-0.4, -0.2) is 48.2 Å². The third-order valence-electron chi connectivity index (χ3n) is 7.21. The van der Waals surface area contributed by atoms with Crippen LogP contribution in [0.25, 0.3) is 6.08 Å². The molecule has 0 aliphatic carbocycles. The maximum atomic E-state index is 13.2. The fourth-order valence-electron chi connectivity index (χ4n) is 5.25. The number of ether oxygens (including phenoxy) is 2. The van der Waals surface area contributed by atoms with E-state index in [1.165, 1.54) is 11.6 Å². The van der Waals surface area contributed by atoms with Crippen LogP contribution in [0.5, 0.6) is 5.75 Å². The summed E-state index contributed by atoms with van der Waals surface area (Å²) in [7, 11) is 0. The summed E-state index contributed by atoms with van der Waals surface area (Å²) in [4.78, 5) is 33.1. The number of benzene rings is 2. The van der Waals surface area contributed by atoms with Crippen molar-refractivity contribution in [2.75, 3.05) is 19.7 Å². The number of nitrogens with one attached hydrogen (secondary N) is 1. The van der Waals surface area contributed by atoms with Gasteiger partial charge in [-0.15, -0.1) is 0 Å². The van der Waals surface area contributed by atoms with Gasteiger partial charge in [0.25, 0.3) is 5.91 Å². The molecule has 3 heterocycles. The molecule has 7 nitrogen and oxygen atoms in total. The zero-order valence-corrected chi connectivity index (χ0v) is 20.6. The molecule has 0 radical (unpaired) electrons. The zero-order valence-electron chi connectivity index (χ0n) is 20.6. The van der Waals surface area contributed by atoms with Gasteiger partial charge in [-0.1, -0.05) is 36.4 Å². The molecule has 3 aliphatic rings. The number of ketones is 1. The van der Waals surface area contributed by atoms with E-state index in [1.54, 1.807) is 12.1 Å². The Hall–Kier alpha value is -3.00. The molecule has 0 bridgehead atoms. The Balaban J connectivity index is 1.18. The molecule has 1 amide bonds. The van der Waals surface area contributed by atoms with Crippen molar-refractivity contribution in [3.05, 3.63) is 71.3 Å². The number of rotatable bonds is 6. The largest absolute Gasteiger partial charge is 0.486 e. The molecule has 2 unspecified atom stereocenters. The lowest BCUT2D eigenvalue weighted by molar-refractivity contribution is -0.198. The molecule has 2 aromatic carbocycles. The van der Waals surface area contributed by atoms with Gasteiger partial charge in [0.05, 0.1) is 12.0 Å². The molecule has 7 heteroatoms. The summed E-state index contributed by atoms with van der Waals surface area (Å²) in [6.45, 7) is 3.48. The highest BCUT2D eigenvalue weighted by molar-refractivity contribution is 6.01. The summed E-state index contributed by atoms with van der Waals surface area (Å²) in [6, 6.07) is 16.0. The van der Waals surface area contributed by atoms with Crippen molar-refractivity contribution < 1.29 is 23.9 Å². The number of Topliss-reactive ketones (excluding diaryl/α,β-unsaturated/α-hetero) is 1. The van der Waals surface area contributed by atoms with Crippen molar-refractivity contribution in [2.45, 2.75) is 63.4 Å². The molecule has 0 saturated carbocycles. The molecule has 1 spiro atoms. The van der Waals surface area contributed by atoms with Gasteiger partial charge < -0.3 is 9.47 Å². The van der Waals surface area contributed by atoms with Crippen LogP contribution in [0.2, 0.25) is 0 Å². The first kappa shape index (κ1) is 24.7. The first-order valence-corrected chi connectivity index (χ1v) is 13.0. The Labute approximate surface area is 212 Å². The molecule has 2 atom stereocenters. The molecular formula is C29H34N2O5. The standard InChI is InChI=1S/C29H34N2O5/c32-25-20-29(14-6-16-31(17-15-29)21-23-7-2-1-3-8-23)35-26-12-10-22(19-24(25)26)11-13-27(33)30-36-28-9-4-5-18-34-28/h1-3,7-8,10-13,19,28H,4-6,9,14-18,20-21H2,(H,30,33). The van der Waals surface area contributed by atoms with E-state index in [-0.39, 0.29) is 11.7 Å². The van der Waals surface area contributed by atoms with E-state index >= 15 is 0 Å². The summed E-state index contributed by atoms with van der Waals surface area (Å²) in [6.07, 6.45) is 8.57. The number of hydroxylamine groups is 1. The highest BCUT2D eigenvalue weighted by atomic mass is 16.8. The number of nitrogens with zero attached hydrogens (tertiary/aromatic N) is 1. The Kier molecular flexibility index (Phi) is 7.80. The van der Waals surface area contributed by atoms with Crippen LogP contribution >= 0.6 is 0 Å². The van der Waals surface area contributed by atoms with Crippen LogP contribution in [0.1, 0.15) is 66.4 Å². The topological polar surface area (TPSA) is 77.1 Å². The highest BCUT2D eigenvalue weighted by Crippen LogP contribution is 2.40. The minimum absolute atomic E-state index is 0.102. The Morgan fingerprint density at radius 3 is 2.83 bits per heavy atom. The minimum atomic E-state index is -0.439. The Morgan fingerprint density at radius 1 is 1.11 bits per heavy atom. The van der Waals surface area contributed by atoms with Gasteiger partial charge in [0.2, 0.25) is 0 Å². The van der Waals surface area contributed by atoms with Crippen LogP contribution in [0, 0.1) is 0 Å². The average molecular weight is 491 g/mol. The number of hydrogen-bond acceptors (Lipinski definition) is 6. The molecule has 190 valence electrons. The lowest BCUT2D eigenvalue weighted by Crippen LogP contribution is -2.42. The third kappa shape index (κ3) is 6.22. The van der Waals surface area contributed by atoms with Gasteiger partial charge >= 0.3 is 0 Å². The van der Waals surface area contributed by atoms with Gasteiger partial charge in [-0.3, -0.25) is 14.5 Å². The van der Waals surface area contributed by atoms with Crippen molar-refractivity contribution in [1.29, 1.82) is 0 Å². The minimum Gasteiger partial charge on any atom is -0.486 e. The molecule has 2 saturated heterocycles. The van der Waals surface area contributed by atoms with E-state index in [0.717, 1.165) is 63.7 Å². The molecule has 3 aliphatic heterocycles. The van der Waals surface area contributed by atoms with Crippen molar-refractivity contribution in [2.24, 2.45) is 0 Å². The second-order valence-corrected chi connectivity index (χ2v) is 9.97. The van der Waals surface area contributed by atoms with Crippen molar-refractivity contribution in [1.82, 2.24) is 10.4 Å². The van der Waals surface area contributed by atoms with Crippen LogP contribution < -0.4 is 10.2 Å². The quantitative estimate of drug-likeness (QED) is 0.469. The predicted octanol–water partition coefficient (Wildman–Crippen LogP) is 4.66. The van der Waals surface area contributed by atoms with Gasteiger partial charge in [-0.2, -0.15) is 0 Å². The van der Waals surface area contributed by atoms with E-state index in [0.29, 0.717) is 24.3 Å². The molecule has 2 aromatic rings. The number of carbonyl (C=O) groups excluding carboxylic acids is 2. The average Bonchev–Trinajstić information content (AvgIpc) is 3.09. The third-order valence-corrected chi connectivity index (χ3v) is 7.21. The smallest absolute Gasteiger partial charge is 0.267 e. The first-order chi connectivity index (χ1) is 17.6. The van der Waals surface area contributed by atoms with E-state index in [1.807, 2.05) is 18.2 Å². The van der Waals surface area contributed by atoms with Crippen LogP contribution in [0.15, 0.2) is 54.6 Å². The maximum Gasteiger partial charge on any atom is 0.267 e. The fourth-order valence-corrected chi connectivity index (χ4v) is 5.25. The lowest BCUT2D eigenvalue weighted by Gasteiger charge is -2.37. The molecule has 36 heavy (non-hydrogen) atoms. The van der Waals surface area contributed by atoms with Gasteiger partial charge in [-0.05, 0) is 61.6 Å². The zero-order chi connectivity index (χ0) is 24.8. The van der Waals surface area contributed by atoms with Crippen molar-refractivity contribution in [3.8, 4) is 5.75 Å². The van der Waals surface area contributed by atoms with Gasteiger partial charge in [0.1, 0.15) is 11.4 Å². The first-order valence-electron chi connectivity index (χ1n) is 13.0. The van der Waals surface area contributed by atoms with E-state index in [4.69, 9.17) is 14.3 Å². The van der Waals surface area contributed by atoms with E-state index < -0.39 is 11.9 Å². The predicted molar refractivity (Wildman–Crippen MR) is 136 cm³/mol. The van der Waals surface area contributed by atoms with Crippen LogP contribution in [0.4, 0.5) is 0 Å². The Morgan fingerprint density at radius 2 is 2.00 bits per heavy atom. The number of likely N-dealkylation sites (tertiary alicyclic amines) is 1. The number of hydrogen-bond donors (Lipinski definition) is 1. The van der Waals surface area contributed by atoms with Gasteiger partial charge in [0, 0.05) is 38.6 Å². The number of amides is 1. The Bertz CT molecular complexity index is 1100. The molecular weight excluding hydrogens is 456 g/mol. The molecule has 0 aromatic heterocycles. The normalized spacial score (nSPS) is 24.8. The number of fused-ring (bicyclic) bond motifs is 1. The molecule has 1 N–H and O–H groups in total. The fraction of sp³-hybridized carbons (Fsp3) is 0.448. The second kappa shape index (κ2) is 11.4. The lowest BCUT2D eigenvalue weighted by atomic mass is 9.84. The second-order valence-electron chi connectivity index (χ2n) is 9.97. The van der Waals surface area contributed by atoms with E-state index in [9.17, 15) is 9.59 Å². The molecule has 5 rings (SSSR count). The van der Waals surface area contributed by atoms with Crippen molar-refractivity contribution in [3.63, 3.8) is 0 Å². The van der Waals surface area contributed by atoms with Gasteiger partial charge in [-0.25, -0.2) is 10.3 Å². The van der Waals surface area contributed by atoms with E-state index in [2.05, 4.69) is 34.6 Å². The summed E-state index contributed by atoms with van der Waals surface area (Å²) < 4.78 is 11.9. The summed E-state index contributed by atoms with van der Waals surface area (Å²) in [5, 5.41) is 0. The van der Waals surface area contributed by atoms with Crippen molar-refractivity contribution >= 4 is 17.8 Å². The maximum absolute atomic E-state index is 13.2.